The van der Waals surface area contributed by atoms with E-state index < -0.39 is 0 Å². The zero-order valence-electron chi connectivity index (χ0n) is 10.0. The summed E-state index contributed by atoms with van der Waals surface area (Å²) in [4.78, 5) is 13.9. The average molecular weight is 237 g/mol. The molecule has 1 aromatic rings. The first-order chi connectivity index (χ1) is 8.36. The van der Waals surface area contributed by atoms with Gasteiger partial charge in [-0.3, -0.25) is 4.79 Å². The molecule has 1 saturated heterocycles. The average Bonchev–Trinajstić information content (AvgIpc) is 2.69. The SMILES string of the molecule is O=C(CNCc1ccno1)N1CCCCCC1. The van der Waals surface area contributed by atoms with Gasteiger partial charge < -0.3 is 14.7 Å². The zero-order valence-corrected chi connectivity index (χ0v) is 10.0. The van der Waals surface area contributed by atoms with Crippen molar-refractivity contribution in [3.05, 3.63) is 18.0 Å². The molecule has 0 radical (unpaired) electrons. The molecule has 1 aromatic heterocycles. The summed E-state index contributed by atoms with van der Waals surface area (Å²) in [6.07, 6.45) is 6.36. The Balaban J connectivity index is 1.69. The van der Waals surface area contributed by atoms with Crippen LogP contribution >= 0.6 is 0 Å². The third-order valence-electron chi connectivity index (χ3n) is 3.03. The van der Waals surface area contributed by atoms with Gasteiger partial charge >= 0.3 is 0 Å². The largest absolute Gasteiger partial charge is 0.360 e. The van der Waals surface area contributed by atoms with E-state index in [4.69, 9.17) is 4.52 Å². The van der Waals surface area contributed by atoms with Gasteiger partial charge in [0, 0.05) is 19.2 Å². The molecule has 0 bridgehead atoms. The first-order valence-corrected chi connectivity index (χ1v) is 6.24. The lowest BCUT2D eigenvalue weighted by molar-refractivity contribution is -0.130. The number of hydrogen-bond acceptors (Lipinski definition) is 4. The second kappa shape index (κ2) is 6.39. The van der Waals surface area contributed by atoms with Crippen molar-refractivity contribution in [2.45, 2.75) is 32.2 Å². The van der Waals surface area contributed by atoms with Crippen LogP contribution in [0.2, 0.25) is 0 Å². The summed E-state index contributed by atoms with van der Waals surface area (Å²) in [5.41, 5.74) is 0. The predicted octanol–water partition coefficient (Wildman–Crippen LogP) is 1.17. The molecule has 5 nitrogen and oxygen atoms in total. The van der Waals surface area contributed by atoms with Crippen LogP contribution < -0.4 is 5.32 Å². The van der Waals surface area contributed by atoms with Gasteiger partial charge in [-0.25, -0.2) is 0 Å². The molecule has 1 N–H and O–H groups in total. The highest BCUT2D eigenvalue weighted by molar-refractivity contribution is 5.78. The summed E-state index contributed by atoms with van der Waals surface area (Å²) in [6.45, 7) is 2.74. The molecule has 0 unspecified atom stereocenters. The van der Waals surface area contributed by atoms with E-state index in [9.17, 15) is 4.79 Å². The van der Waals surface area contributed by atoms with E-state index in [1.54, 1.807) is 12.3 Å². The van der Waals surface area contributed by atoms with E-state index in [2.05, 4.69) is 10.5 Å². The van der Waals surface area contributed by atoms with E-state index in [0.717, 1.165) is 31.7 Å². The highest BCUT2D eigenvalue weighted by Gasteiger charge is 2.14. The number of hydrogen-bond donors (Lipinski definition) is 1. The van der Waals surface area contributed by atoms with Crippen LogP contribution in [0, 0.1) is 0 Å². The molecule has 0 aromatic carbocycles. The third kappa shape index (κ3) is 3.85. The topological polar surface area (TPSA) is 58.4 Å². The van der Waals surface area contributed by atoms with Crippen molar-refractivity contribution in [2.75, 3.05) is 19.6 Å². The van der Waals surface area contributed by atoms with Crippen LogP contribution in [0.3, 0.4) is 0 Å². The molecule has 0 atom stereocenters. The number of carbonyl (C=O) groups excluding carboxylic acids is 1. The summed E-state index contributed by atoms with van der Waals surface area (Å²) < 4.78 is 4.94. The van der Waals surface area contributed by atoms with E-state index in [1.165, 1.54) is 12.8 Å². The van der Waals surface area contributed by atoms with Gasteiger partial charge in [-0.15, -0.1) is 0 Å². The Morgan fingerprint density at radius 1 is 1.35 bits per heavy atom. The minimum Gasteiger partial charge on any atom is -0.360 e. The van der Waals surface area contributed by atoms with Crippen LogP contribution in [-0.2, 0) is 11.3 Å². The van der Waals surface area contributed by atoms with Crippen LogP contribution in [0.5, 0.6) is 0 Å². The molecule has 1 aliphatic rings. The van der Waals surface area contributed by atoms with Crippen molar-refractivity contribution in [3.63, 3.8) is 0 Å². The molecule has 94 valence electrons. The van der Waals surface area contributed by atoms with Gasteiger partial charge in [0.2, 0.25) is 5.91 Å². The molecule has 0 spiro atoms. The van der Waals surface area contributed by atoms with Crippen molar-refractivity contribution >= 4 is 5.91 Å². The van der Waals surface area contributed by atoms with Gasteiger partial charge in [-0.05, 0) is 12.8 Å². The molecular formula is C12H19N3O2. The minimum atomic E-state index is 0.186. The maximum atomic E-state index is 11.9. The van der Waals surface area contributed by atoms with Gasteiger partial charge in [-0.1, -0.05) is 18.0 Å². The number of nitrogens with one attached hydrogen (secondary N) is 1. The Bertz CT molecular complexity index is 330. The van der Waals surface area contributed by atoms with E-state index >= 15 is 0 Å². The van der Waals surface area contributed by atoms with Crippen LogP contribution in [0.25, 0.3) is 0 Å². The van der Waals surface area contributed by atoms with Crippen molar-refractivity contribution < 1.29 is 9.32 Å². The number of nitrogens with zero attached hydrogens (tertiary/aromatic N) is 2. The van der Waals surface area contributed by atoms with Crippen LogP contribution in [0.4, 0.5) is 0 Å². The standard InChI is InChI=1S/C12H19N3O2/c16-12(15-7-3-1-2-4-8-15)10-13-9-11-5-6-14-17-11/h5-6,13H,1-4,7-10H2. The number of aromatic nitrogens is 1. The molecule has 1 aliphatic heterocycles. The Hall–Kier alpha value is -1.36. The van der Waals surface area contributed by atoms with E-state index in [1.807, 2.05) is 4.90 Å². The monoisotopic (exact) mass is 237 g/mol. The summed E-state index contributed by atoms with van der Waals surface area (Å²) in [7, 11) is 0. The molecule has 1 fully saturated rings. The fraction of sp³-hybridized carbons (Fsp3) is 0.667. The summed E-state index contributed by atoms with van der Waals surface area (Å²) in [5, 5.41) is 6.69. The molecule has 1 amide bonds. The second-order valence-electron chi connectivity index (χ2n) is 4.38. The predicted molar refractivity (Wildman–Crippen MR) is 63.3 cm³/mol. The van der Waals surface area contributed by atoms with Crippen molar-refractivity contribution in [3.8, 4) is 0 Å². The van der Waals surface area contributed by atoms with Crippen LogP contribution in [0.1, 0.15) is 31.4 Å². The van der Waals surface area contributed by atoms with Gasteiger partial charge in [0.25, 0.3) is 0 Å². The Morgan fingerprint density at radius 3 is 2.76 bits per heavy atom. The Morgan fingerprint density at radius 2 is 2.12 bits per heavy atom. The quantitative estimate of drug-likeness (QED) is 0.854. The van der Waals surface area contributed by atoms with Crippen molar-refractivity contribution in [1.82, 2.24) is 15.4 Å². The number of amides is 1. The normalized spacial score (nSPS) is 16.8. The van der Waals surface area contributed by atoms with Crippen LogP contribution in [0.15, 0.2) is 16.8 Å². The van der Waals surface area contributed by atoms with E-state index in [0.29, 0.717) is 13.1 Å². The Labute approximate surface area is 101 Å². The highest BCUT2D eigenvalue weighted by atomic mass is 16.5. The molecular weight excluding hydrogens is 218 g/mol. The minimum absolute atomic E-state index is 0.186. The zero-order chi connectivity index (χ0) is 11.9. The first kappa shape index (κ1) is 12.1. The fourth-order valence-electron chi connectivity index (χ4n) is 2.06. The fourth-order valence-corrected chi connectivity index (χ4v) is 2.06. The van der Waals surface area contributed by atoms with Crippen molar-refractivity contribution in [2.24, 2.45) is 0 Å². The Kier molecular flexibility index (Phi) is 4.55. The van der Waals surface area contributed by atoms with Gasteiger partial charge in [0.1, 0.15) is 5.76 Å². The highest BCUT2D eigenvalue weighted by Crippen LogP contribution is 2.09. The number of rotatable bonds is 4. The maximum absolute atomic E-state index is 11.9. The number of carbonyl (C=O) groups is 1. The molecule has 2 heterocycles. The third-order valence-corrected chi connectivity index (χ3v) is 3.03. The second-order valence-corrected chi connectivity index (χ2v) is 4.38. The lowest BCUT2D eigenvalue weighted by atomic mass is 10.2. The maximum Gasteiger partial charge on any atom is 0.236 e. The van der Waals surface area contributed by atoms with Gasteiger partial charge in [0.15, 0.2) is 0 Å². The summed E-state index contributed by atoms with van der Waals surface area (Å²) >= 11 is 0. The summed E-state index contributed by atoms with van der Waals surface area (Å²) in [5.74, 6) is 0.945. The molecule has 2 rings (SSSR count). The van der Waals surface area contributed by atoms with Gasteiger partial charge in [0.05, 0.1) is 19.3 Å². The molecule has 0 saturated carbocycles. The molecule has 17 heavy (non-hydrogen) atoms. The number of likely N-dealkylation sites (tertiary alicyclic amines) is 1. The summed E-state index contributed by atoms with van der Waals surface area (Å²) in [6, 6.07) is 1.80. The smallest absolute Gasteiger partial charge is 0.236 e. The molecule has 0 aliphatic carbocycles. The van der Waals surface area contributed by atoms with E-state index in [-0.39, 0.29) is 5.91 Å². The van der Waals surface area contributed by atoms with Crippen molar-refractivity contribution in [1.29, 1.82) is 0 Å². The lowest BCUT2D eigenvalue weighted by Crippen LogP contribution is -2.38. The first-order valence-electron chi connectivity index (χ1n) is 6.24. The van der Waals surface area contributed by atoms with Gasteiger partial charge in [-0.2, -0.15) is 0 Å². The lowest BCUT2D eigenvalue weighted by Gasteiger charge is -2.20. The van der Waals surface area contributed by atoms with Crippen LogP contribution in [-0.4, -0.2) is 35.6 Å². The molecule has 5 heteroatoms.